The Morgan fingerprint density at radius 1 is 0.967 bits per heavy atom. The zero-order valence-electron chi connectivity index (χ0n) is 16.7. The van der Waals surface area contributed by atoms with Gasteiger partial charge in [0.1, 0.15) is 5.82 Å². The Hall–Kier alpha value is -3.45. The average Bonchev–Trinajstić information content (AvgIpc) is 3.24. The molecule has 7 heteroatoms. The van der Waals surface area contributed by atoms with Crippen LogP contribution in [0.4, 0.5) is 11.5 Å². The molecule has 1 saturated heterocycles. The Morgan fingerprint density at radius 2 is 1.83 bits per heavy atom. The largest absolute Gasteiger partial charge is 0.378 e. The summed E-state index contributed by atoms with van der Waals surface area (Å²) in [7, 11) is 0. The molecule has 4 aromatic rings. The monoisotopic (exact) mass is 400 g/mol. The third-order valence-corrected chi connectivity index (χ3v) is 5.34. The predicted octanol–water partition coefficient (Wildman–Crippen LogP) is 3.28. The lowest BCUT2D eigenvalue weighted by molar-refractivity contribution is 0.122. The highest BCUT2D eigenvalue weighted by molar-refractivity contribution is 5.66. The number of hydrogen-bond donors (Lipinski definition) is 1. The SMILES string of the molecule is c1cncc(CCNc2ccc3ncc(-c4ccc(N5CCOCC5)cc4)n3n2)c1. The minimum atomic E-state index is 0.787. The third kappa shape index (κ3) is 3.97. The van der Waals surface area contributed by atoms with E-state index in [4.69, 9.17) is 9.84 Å². The molecule has 1 aliphatic heterocycles. The van der Waals surface area contributed by atoms with Crippen LogP contribution < -0.4 is 10.2 Å². The van der Waals surface area contributed by atoms with Crippen molar-refractivity contribution in [3.63, 3.8) is 0 Å². The first-order valence-electron chi connectivity index (χ1n) is 10.3. The fraction of sp³-hybridized carbons (Fsp3) is 0.261. The number of nitrogens with zero attached hydrogens (tertiary/aromatic N) is 5. The molecule has 0 amide bonds. The smallest absolute Gasteiger partial charge is 0.154 e. The number of anilines is 2. The van der Waals surface area contributed by atoms with E-state index in [1.54, 1.807) is 6.20 Å². The van der Waals surface area contributed by atoms with Crippen LogP contribution >= 0.6 is 0 Å². The Morgan fingerprint density at radius 3 is 2.63 bits per heavy atom. The first-order chi connectivity index (χ1) is 14.9. The first kappa shape index (κ1) is 18.6. The van der Waals surface area contributed by atoms with Gasteiger partial charge in [-0.2, -0.15) is 0 Å². The van der Waals surface area contributed by atoms with Crippen molar-refractivity contribution in [1.82, 2.24) is 19.6 Å². The van der Waals surface area contributed by atoms with Crippen LogP contribution in [-0.4, -0.2) is 52.4 Å². The van der Waals surface area contributed by atoms with E-state index in [1.807, 2.05) is 35.1 Å². The standard InChI is InChI=1S/C23H24N6O/c1-2-18(16-24-10-1)9-11-25-22-7-8-23-26-17-21(29(23)27-22)19-3-5-20(6-4-19)28-12-14-30-15-13-28/h1-8,10,16-17H,9,11-15H2,(H,25,27). The van der Waals surface area contributed by atoms with Gasteiger partial charge >= 0.3 is 0 Å². The molecule has 30 heavy (non-hydrogen) atoms. The summed E-state index contributed by atoms with van der Waals surface area (Å²) >= 11 is 0. The van der Waals surface area contributed by atoms with Gasteiger partial charge < -0.3 is 15.0 Å². The maximum absolute atomic E-state index is 5.45. The topological polar surface area (TPSA) is 67.6 Å². The maximum atomic E-state index is 5.45. The summed E-state index contributed by atoms with van der Waals surface area (Å²) in [6.45, 7) is 4.24. The molecule has 5 rings (SSSR count). The van der Waals surface area contributed by atoms with Gasteiger partial charge in [0.05, 0.1) is 25.1 Å². The molecular weight excluding hydrogens is 376 g/mol. The van der Waals surface area contributed by atoms with Crippen molar-refractivity contribution >= 4 is 17.2 Å². The molecule has 4 heterocycles. The number of hydrogen-bond acceptors (Lipinski definition) is 6. The second-order valence-electron chi connectivity index (χ2n) is 7.32. The molecule has 1 fully saturated rings. The van der Waals surface area contributed by atoms with Crippen molar-refractivity contribution < 1.29 is 4.74 Å². The molecule has 1 N–H and O–H groups in total. The van der Waals surface area contributed by atoms with Crippen LogP contribution in [0.5, 0.6) is 0 Å². The number of benzene rings is 1. The number of nitrogens with one attached hydrogen (secondary N) is 1. The summed E-state index contributed by atoms with van der Waals surface area (Å²) in [5, 5.41) is 8.16. The van der Waals surface area contributed by atoms with E-state index in [1.165, 1.54) is 11.3 Å². The number of morpholine rings is 1. The van der Waals surface area contributed by atoms with Gasteiger partial charge in [-0.05, 0) is 42.3 Å². The van der Waals surface area contributed by atoms with Gasteiger partial charge in [-0.25, -0.2) is 9.50 Å². The molecule has 7 nitrogen and oxygen atoms in total. The molecule has 1 aromatic carbocycles. The Balaban J connectivity index is 1.32. The van der Waals surface area contributed by atoms with E-state index in [0.29, 0.717) is 0 Å². The lowest BCUT2D eigenvalue weighted by Crippen LogP contribution is -2.36. The fourth-order valence-corrected chi connectivity index (χ4v) is 3.71. The van der Waals surface area contributed by atoms with E-state index >= 15 is 0 Å². The van der Waals surface area contributed by atoms with Crippen LogP contribution in [0.1, 0.15) is 5.56 Å². The van der Waals surface area contributed by atoms with Gasteiger partial charge in [-0.15, -0.1) is 5.10 Å². The van der Waals surface area contributed by atoms with Crippen LogP contribution in [0, 0.1) is 0 Å². The van der Waals surface area contributed by atoms with E-state index < -0.39 is 0 Å². The molecule has 3 aromatic heterocycles. The van der Waals surface area contributed by atoms with Crippen LogP contribution in [0.15, 0.2) is 67.1 Å². The van der Waals surface area contributed by atoms with E-state index in [9.17, 15) is 0 Å². The number of imidazole rings is 1. The molecule has 152 valence electrons. The summed E-state index contributed by atoms with van der Waals surface area (Å²) < 4.78 is 7.34. The minimum Gasteiger partial charge on any atom is -0.378 e. The number of ether oxygens (including phenoxy) is 1. The van der Waals surface area contributed by atoms with Crippen LogP contribution in [0.3, 0.4) is 0 Å². The van der Waals surface area contributed by atoms with Crippen molar-refractivity contribution in [1.29, 1.82) is 0 Å². The van der Waals surface area contributed by atoms with Crippen molar-refractivity contribution in [2.45, 2.75) is 6.42 Å². The summed E-state index contributed by atoms with van der Waals surface area (Å²) in [5.74, 6) is 0.829. The number of rotatable bonds is 6. The van der Waals surface area contributed by atoms with Crippen molar-refractivity contribution in [3.05, 3.63) is 72.7 Å². The summed E-state index contributed by atoms with van der Waals surface area (Å²) in [4.78, 5) is 11.0. The maximum Gasteiger partial charge on any atom is 0.154 e. The van der Waals surface area contributed by atoms with Crippen molar-refractivity contribution in [3.8, 4) is 11.3 Å². The van der Waals surface area contributed by atoms with Crippen molar-refractivity contribution in [2.24, 2.45) is 0 Å². The average molecular weight is 400 g/mol. The van der Waals surface area contributed by atoms with Crippen LogP contribution in [0.2, 0.25) is 0 Å². The quantitative estimate of drug-likeness (QED) is 0.536. The molecule has 0 radical (unpaired) electrons. The summed E-state index contributed by atoms with van der Waals surface area (Å²) in [6.07, 6.45) is 6.46. The second-order valence-corrected chi connectivity index (χ2v) is 7.32. The lowest BCUT2D eigenvalue weighted by atomic mass is 10.1. The summed E-state index contributed by atoms with van der Waals surface area (Å²) in [6, 6.07) is 16.6. The van der Waals surface area contributed by atoms with Gasteiger partial charge in [0.25, 0.3) is 0 Å². The third-order valence-electron chi connectivity index (χ3n) is 5.34. The lowest BCUT2D eigenvalue weighted by Gasteiger charge is -2.28. The number of fused-ring (bicyclic) bond motifs is 1. The molecule has 0 atom stereocenters. The zero-order valence-corrected chi connectivity index (χ0v) is 16.7. The van der Waals surface area contributed by atoms with E-state index in [0.717, 1.165) is 62.0 Å². The zero-order chi connectivity index (χ0) is 20.2. The van der Waals surface area contributed by atoms with E-state index in [2.05, 4.69) is 50.5 Å². The molecular formula is C23H24N6O. The van der Waals surface area contributed by atoms with Crippen LogP contribution in [0.25, 0.3) is 16.9 Å². The Kier molecular flexibility index (Phi) is 5.26. The van der Waals surface area contributed by atoms with Gasteiger partial charge in [0.2, 0.25) is 0 Å². The van der Waals surface area contributed by atoms with Gasteiger partial charge in [0, 0.05) is 43.3 Å². The van der Waals surface area contributed by atoms with Gasteiger partial charge in [-0.3, -0.25) is 4.98 Å². The Labute approximate surface area is 175 Å². The van der Waals surface area contributed by atoms with Gasteiger partial charge in [-0.1, -0.05) is 18.2 Å². The highest BCUT2D eigenvalue weighted by Crippen LogP contribution is 2.24. The fourth-order valence-electron chi connectivity index (χ4n) is 3.71. The highest BCUT2D eigenvalue weighted by Gasteiger charge is 2.12. The van der Waals surface area contributed by atoms with E-state index in [-0.39, 0.29) is 0 Å². The number of pyridine rings is 1. The summed E-state index contributed by atoms with van der Waals surface area (Å²) in [5.41, 5.74) is 5.34. The molecule has 0 saturated carbocycles. The highest BCUT2D eigenvalue weighted by atomic mass is 16.5. The normalized spacial score (nSPS) is 14.2. The molecule has 0 bridgehead atoms. The number of aromatic nitrogens is 4. The Bertz CT molecular complexity index is 1100. The van der Waals surface area contributed by atoms with Crippen molar-refractivity contribution in [2.75, 3.05) is 43.1 Å². The predicted molar refractivity (Wildman–Crippen MR) is 118 cm³/mol. The molecule has 0 spiro atoms. The first-order valence-corrected chi connectivity index (χ1v) is 10.3. The van der Waals surface area contributed by atoms with Crippen LogP contribution in [-0.2, 0) is 11.2 Å². The molecule has 1 aliphatic rings. The minimum absolute atomic E-state index is 0.787. The second kappa shape index (κ2) is 8.51. The van der Waals surface area contributed by atoms with Gasteiger partial charge in [0.15, 0.2) is 5.65 Å². The molecule has 0 aliphatic carbocycles. The molecule has 0 unspecified atom stereocenters.